The maximum Gasteiger partial charge on any atom is 0.141 e. The van der Waals surface area contributed by atoms with Gasteiger partial charge in [-0.1, -0.05) is 29.4 Å². The third-order valence-corrected chi connectivity index (χ3v) is 6.06. The van der Waals surface area contributed by atoms with E-state index in [-0.39, 0.29) is 12.0 Å². The minimum Gasteiger partial charge on any atom is -0.396 e. The zero-order valence-corrected chi connectivity index (χ0v) is 17.8. The Bertz CT molecular complexity index is 1070. The van der Waals surface area contributed by atoms with E-state index in [2.05, 4.69) is 65.5 Å². The number of aliphatic hydroxyl groups is 1. The van der Waals surface area contributed by atoms with Crippen LogP contribution >= 0.6 is 0 Å². The molecule has 1 aliphatic carbocycles. The van der Waals surface area contributed by atoms with Crippen molar-refractivity contribution in [2.75, 3.05) is 18.1 Å². The summed E-state index contributed by atoms with van der Waals surface area (Å²) >= 11 is 0. The average Bonchev–Trinajstić information content (AvgIpc) is 3.49. The van der Waals surface area contributed by atoms with Crippen molar-refractivity contribution in [3.63, 3.8) is 0 Å². The lowest BCUT2D eigenvalue weighted by atomic mass is 9.97. The van der Waals surface area contributed by atoms with E-state index in [9.17, 15) is 10.4 Å². The van der Waals surface area contributed by atoms with Crippen molar-refractivity contribution < 1.29 is 9.63 Å². The fraction of sp³-hybridized carbons (Fsp3) is 0.360. The van der Waals surface area contributed by atoms with Crippen molar-refractivity contribution >= 4 is 11.4 Å². The van der Waals surface area contributed by atoms with E-state index in [4.69, 9.17) is 4.52 Å². The maximum absolute atomic E-state index is 9.48. The first kappa shape index (κ1) is 20.2. The van der Waals surface area contributed by atoms with E-state index in [0.29, 0.717) is 13.0 Å². The maximum atomic E-state index is 9.48. The van der Waals surface area contributed by atoms with Crippen LogP contribution < -0.4 is 4.90 Å². The Morgan fingerprint density at radius 1 is 1.13 bits per heavy atom. The summed E-state index contributed by atoms with van der Waals surface area (Å²) in [6.45, 7) is 6.82. The number of aromatic nitrogens is 1. The van der Waals surface area contributed by atoms with Gasteiger partial charge in [-0.3, -0.25) is 0 Å². The second-order valence-electron chi connectivity index (χ2n) is 8.17. The SMILES string of the molecule is Cc1ccc(-c2c(C)noc2C)cc1N(CCCO)c1ccc(C2(C#N)CC2)cc1. The summed E-state index contributed by atoms with van der Waals surface area (Å²) in [5.74, 6) is 0.805. The molecule has 0 atom stereocenters. The molecule has 1 fully saturated rings. The number of aryl methyl sites for hydroxylation is 3. The summed E-state index contributed by atoms with van der Waals surface area (Å²) in [5.41, 5.74) is 7.08. The third-order valence-electron chi connectivity index (χ3n) is 6.06. The molecule has 0 unspecified atom stereocenters. The fourth-order valence-electron chi connectivity index (χ4n) is 4.12. The monoisotopic (exact) mass is 401 g/mol. The molecule has 5 nitrogen and oxygen atoms in total. The van der Waals surface area contributed by atoms with Gasteiger partial charge in [-0.05, 0) is 74.9 Å². The van der Waals surface area contributed by atoms with E-state index >= 15 is 0 Å². The van der Waals surface area contributed by atoms with Crippen LogP contribution in [0.25, 0.3) is 11.1 Å². The number of rotatable bonds is 7. The van der Waals surface area contributed by atoms with Crippen LogP contribution in [0.1, 0.15) is 41.8 Å². The zero-order valence-electron chi connectivity index (χ0n) is 17.8. The minimum absolute atomic E-state index is 0.134. The quantitative estimate of drug-likeness (QED) is 0.578. The molecule has 0 spiro atoms. The average molecular weight is 402 g/mol. The van der Waals surface area contributed by atoms with Crippen molar-refractivity contribution in [2.45, 2.75) is 45.4 Å². The van der Waals surface area contributed by atoms with Crippen LogP contribution in [0.5, 0.6) is 0 Å². The molecule has 0 aliphatic heterocycles. The molecule has 154 valence electrons. The largest absolute Gasteiger partial charge is 0.396 e. The first-order valence-electron chi connectivity index (χ1n) is 10.4. The lowest BCUT2D eigenvalue weighted by Crippen LogP contribution is -2.20. The highest BCUT2D eigenvalue weighted by atomic mass is 16.5. The molecule has 1 heterocycles. The van der Waals surface area contributed by atoms with E-state index in [1.807, 2.05) is 13.8 Å². The highest BCUT2D eigenvalue weighted by molar-refractivity contribution is 5.76. The molecule has 1 saturated carbocycles. The number of nitrogens with zero attached hydrogens (tertiary/aromatic N) is 3. The van der Waals surface area contributed by atoms with Gasteiger partial charge in [-0.15, -0.1) is 0 Å². The highest BCUT2D eigenvalue weighted by Gasteiger charge is 2.44. The number of hydrogen-bond donors (Lipinski definition) is 1. The molecule has 1 N–H and O–H groups in total. The Balaban J connectivity index is 1.74. The lowest BCUT2D eigenvalue weighted by molar-refractivity contribution is 0.291. The van der Waals surface area contributed by atoms with Gasteiger partial charge in [-0.25, -0.2) is 0 Å². The van der Waals surface area contributed by atoms with Crippen LogP contribution in [0.15, 0.2) is 47.0 Å². The van der Waals surface area contributed by atoms with Crippen molar-refractivity contribution in [3.05, 3.63) is 65.0 Å². The topological polar surface area (TPSA) is 73.3 Å². The minimum atomic E-state index is -0.284. The Labute approximate surface area is 177 Å². The normalized spacial score (nSPS) is 14.4. The van der Waals surface area contributed by atoms with E-state index in [1.54, 1.807) is 0 Å². The summed E-state index contributed by atoms with van der Waals surface area (Å²) in [6.07, 6.45) is 2.55. The lowest BCUT2D eigenvalue weighted by Gasteiger charge is -2.27. The molecule has 5 heteroatoms. The van der Waals surface area contributed by atoms with Crippen molar-refractivity contribution in [1.29, 1.82) is 5.26 Å². The molecule has 0 saturated heterocycles. The molecule has 4 rings (SSSR count). The van der Waals surface area contributed by atoms with E-state index in [1.165, 1.54) is 0 Å². The Kier molecular flexibility index (Phi) is 5.36. The molecular weight excluding hydrogens is 374 g/mol. The molecule has 0 bridgehead atoms. The molecule has 1 aromatic heterocycles. The molecule has 0 radical (unpaired) electrons. The summed E-state index contributed by atoms with van der Waals surface area (Å²) in [4.78, 5) is 2.24. The second-order valence-corrected chi connectivity index (χ2v) is 8.17. The van der Waals surface area contributed by atoms with Crippen LogP contribution in [-0.2, 0) is 5.41 Å². The van der Waals surface area contributed by atoms with Gasteiger partial charge >= 0.3 is 0 Å². The first-order chi connectivity index (χ1) is 14.5. The number of benzene rings is 2. The van der Waals surface area contributed by atoms with Crippen LogP contribution in [0.2, 0.25) is 0 Å². The Morgan fingerprint density at radius 3 is 2.43 bits per heavy atom. The molecule has 30 heavy (non-hydrogen) atoms. The Hall–Kier alpha value is -3.10. The summed E-state index contributed by atoms with van der Waals surface area (Å²) in [6, 6.07) is 17.2. The van der Waals surface area contributed by atoms with Gasteiger partial charge < -0.3 is 14.5 Å². The second kappa shape index (κ2) is 7.97. The van der Waals surface area contributed by atoms with Crippen LogP contribution in [0.3, 0.4) is 0 Å². The standard InChI is InChI=1S/C25H27N3O2/c1-17-5-6-20(24-18(2)27-30-19(24)3)15-23(17)28(13-4-14-29)22-9-7-21(8-10-22)25(16-26)11-12-25/h5-10,15,29H,4,11-14H2,1-3H3. The number of anilines is 2. The van der Waals surface area contributed by atoms with Gasteiger partial charge in [0.05, 0.1) is 17.2 Å². The van der Waals surface area contributed by atoms with E-state index in [0.717, 1.165) is 57.9 Å². The summed E-state index contributed by atoms with van der Waals surface area (Å²) in [5, 5.41) is 23.0. The van der Waals surface area contributed by atoms with Gasteiger partial charge in [0.25, 0.3) is 0 Å². The fourth-order valence-corrected chi connectivity index (χ4v) is 4.12. The zero-order chi connectivity index (χ0) is 21.3. The van der Waals surface area contributed by atoms with Crippen LogP contribution in [0, 0.1) is 32.1 Å². The summed E-state index contributed by atoms with van der Waals surface area (Å²) < 4.78 is 5.37. The molecule has 0 amide bonds. The number of aliphatic hydroxyl groups excluding tert-OH is 1. The Morgan fingerprint density at radius 2 is 1.87 bits per heavy atom. The molecule has 2 aromatic carbocycles. The van der Waals surface area contributed by atoms with Gasteiger partial charge in [0, 0.05) is 30.1 Å². The predicted octanol–water partition coefficient (Wildman–Crippen LogP) is 5.34. The van der Waals surface area contributed by atoms with Gasteiger partial charge in [0.15, 0.2) is 0 Å². The van der Waals surface area contributed by atoms with Crippen molar-refractivity contribution in [1.82, 2.24) is 5.16 Å². The number of nitriles is 1. The van der Waals surface area contributed by atoms with Crippen molar-refractivity contribution in [3.8, 4) is 17.2 Å². The van der Waals surface area contributed by atoms with E-state index < -0.39 is 0 Å². The van der Waals surface area contributed by atoms with Crippen molar-refractivity contribution in [2.24, 2.45) is 0 Å². The predicted molar refractivity (Wildman–Crippen MR) is 118 cm³/mol. The van der Waals surface area contributed by atoms with Gasteiger partial charge in [-0.2, -0.15) is 5.26 Å². The van der Waals surface area contributed by atoms with Crippen LogP contribution in [0.4, 0.5) is 11.4 Å². The smallest absolute Gasteiger partial charge is 0.141 e. The molecular formula is C25H27N3O2. The number of hydrogen-bond acceptors (Lipinski definition) is 5. The van der Waals surface area contributed by atoms with Crippen LogP contribution in [-0.4, -0.2) is 23.4 Å². The first-order valence-corrected chi connectivity index (χ1v) is 10.4. The molecule has 1 aliphatic rings. The van der Waals surface area contributed by atoms with Gasteiger partial charge in [0.1, 0.15) is 5.76 Å². The highest BCUT2D eigenvalue weighted by Crippen LogP contribution is 2.48. The molecule has 3 aromatic rings. The third kappa shape index (κ3) is 3.59. The summed E-state index contributed by atoms with van der Waals surface area (Å²) in [7, 11) is 0. The van der Waals surface area contributed by atoms with Gasteiger partial charge in [0.2, 0.25) is 0 Å².